The second kappa shape index (κ2) is 18.7. The van der Waals surface area contributed by atoms with E-state index in [4.69, 9.17) is 0 Å². The zero-order chi connectivity index (χ0) is 52.7. The quantitative estimate of drug-likeness (QED) is 0.126. The Bertz CT molecular complexity index is 4640. The van der Waals surface area contributed by atoms with Crippen LogP contribution in [0.2, 0.25) is 0 Å². The molecule has 0 bridgehead atoms. The molecule has 0 fully saturated rings. The van der Waals surface area contributed by atoms with E-state index in [2.05, 4.69) is 303 Å². The van der Waals surface area contributed by atoms with E-state index in [1.165, 1.54) is 165 Å². The van der Waals surface area contributed by atoms with Gasteiger partial charge in [0.25, 0.3) is 0 Å². The van der Waals surface area contributed by atoms with Crippen molar-refractivity contribution in [3.8, 4) is 100 Å². The molecule has 0 aromatic heterocycles. The highest BCUT2D eigenvalue weighted by atomic mass is 14.3. The van der Waals surface area contributed by atoms with Gasteiger partial charge in [-0.3, -0.25) is 0 Å². The van der Waals surface area contributed by atoms with Gasteiger partial charge in [-0.1, -0.05) is 267 Å². The Kier molecular flexibility index (Phi) is 10.7. The minimum Gasteiger partial charge on any atom is -0.0622 e. The molecular formula is C80H50. The normalized spacial score (nSPS) is 11.8. The van der Waals surface area contributed by atoms with Crippen molar-refractivity contribution in [1.82, 2.24) is 0 Å². The summed E-state index contributed by atoms with van der Waals surface area (Å²) in [4.78, 5) is 0. The topological polar surface area (TPSA) is 0 Å². The van der Waals surface area contributed by atoms with Crippen molar-refractivity contribution >= 4 is 64.6 Å². The zero-order valence-corrected chi connectivity index (χ0v) is 43.9. The molecule has 0 aliphatic carbocycles. The third-order valence-electron chi connectivity index (χ3n) is 17.0. The molecule has 370 valence electrons. The zero-order valence-electron chi connectivity index (χ0n) is 43.9. The largest absolute Gasteiger partial charge is 0.0622 e. The summed E-state index contributed by atoms with van der Waals surface area (Å²) in [6.07, 6.45) is 0. The van der Waals surface area contributed by atoms with E-state index in [-0.39, 0.29) is 0 Å². The minimum atomic E-state index is 1.18. The van der Waals surface area contributed by atoms with Crippen LogP contribution in [0, 0.1) is 0 Å². The van der Waals surface area contributed by atoms with Crippen molar-refractivity contribution in [3.63, 3.8) is 0 Å². The van der Waals surface area contributed by atoms with Crippen molar-refractivity contribution in [2.45, 2.75) is 0 Å². The molecule has 0 N–H and O–H groups in total. The van der Waals surface area contributed by atoms with Gasteiger partial charge >= 0.3 is 0 Å². The SMILES string of the molecule is c1ccc(-c2cc(-c3ccccc3)c3cc(-c4cc5c(-c6ccccc6)cc(-c6ccccc6)c6ccc7c(-c8ccccc8)cc(-c8ccccc8)c4c7c65)c4c(-c5ccccc5)cc(-c5ccccc5)c5ccc2c3c54)cc1. The van der Waals surface area contributed by atoms with Gasteiger partial charge in [-0.2, -0.15) is 0 Å². The Balaban J connectivity index is 1.19. The van der Waals surface area contributed by atoms with Crippen LogP contribution in [-0.4, -0.2) is 0 Å². The molecule has 0 heteroatoms. The summed E-state index contributed by atoms with van der Waals surface area (Å²) in [7, 11) is 0. The maximum absolute atomic E-state index is 2.60. The lowest BCUT2D eigenvalue weighted by Gasteiger charge is -2.27. The summed E-state index contributed by atoms with van der Waals surface area (Å²) in [5.74, 6) is 0. The first-order chi connectivity index (χ1) is 39.7. The minimum absolute atomic E-state index is 1.18. The summed E-state index contributed by atoms with van der Waals surface area (Å²) in [5, 5.41) is 15.0. The molecule has 0 atom stereocenters. The lowest BCUT2D eigenvalue weighted by atomic mass is 9.76. The molecule has 0 aliphatic heterocycles. The van der Waals surface area contributed by atoms with E-state index in [1.54, 1.807) is 0 Å². The van der Waals surface area contributed by atoms with Crippen LogP contribution in [0.3, 0.4) is 0 Å². The molecule has 16 aromatic rings. The van der Waals surface area contributed by atoms with Gasteiger partial charge in [0.2, 0.25) is 0 Å². The van der Waals surface area contributed by atoms with Crippen LogP contribution in [0.5, 0.6) is 0 Å². The fourth-order valence-corrected chi connectivity index (χ4v) is 13.5. The summed E-state index contributed by atoms with van der Waals surface area (Å²) >= 11 is 0. The third kappa shape index (κ3) is 7.23. The average molecular weight is 1010 g/mol. The van der Waals surface area contributed by atoms with Gasteiger partial charge in [0.05, 0.1) is 0 Å². The molecule has 0 unspecified atom stereocenters. The summed E-state index contributed by atoms with van der Waals surface area (Å²) in [6.45, 7) is 0. The van der Waals surface area contributed by atoms with Gasteiger partial charge < -0.3 is 0 Å². The fourth-order valence-electron chi connectivity index (χ4n) is 13.5. The first-order valence-electron chi connectivity index (χ1n) is 27.8. The predicted octanol–water partition coefficient (Wildman–Crippen LogP) is 22.5. The van der Waals surface area contributed by atoms with E-state index in [0.29, 0.717) is 0 Å². The predicted molar refractivity (Wildman–Crippen MR) is 343 cm³/mol. The van der Waals surface area contributed by atoms with Crippen molar-refractivity contribution in [3.05, 3.63) is 303 Å². The summed E-state index contributed by atoms with van der Waals surface area (Å²) in [6, 6.07) is 113. The molecule has 16 aromatic carbocycles. The molecule has 0 saturated carbocycles. The van der Waals surface area contributed by atoms with Gasteiger partial charge in [0.15, 0.2) is 0 Å². The van der Waals surface area contributed by atoms with Crippen LogP contribution in [-0.2, 0) is 0 Å². The number of hydrogen-bond donors (Lipinski definition) is 0. The lowest BCUT2D eigenvalue weighted by molar-refractivity contribution is 1.61. The average Bonchev–Trinajstić information content (AvgIpc) is 3.73. The third-order valence-corrected chi connectivity index (χ3v) is 17.0. The number of hydrogen-bond acceptors (Lipinski definition) is 0. The van der Waals surface area contributed by atoms with Gasteiger partial charge in [-0.05, 0) is 201 Å². The fraction of sp³-hybridized carbons (Fsp3) is 0. The summed E-state index contributed by atoms with van der Waals surface area (Å²) < 4.78 is 0. The van der Waals surface area contributed by atoms with Crippen LogP contribution in [0.25, 0.3) is 165 Å². The van der Waals surface area contributed by atoms with Crippen LogP contribution >= 0.6 is 0 Å². The van der Waals surface area contributed by atoms with E-state index >= 15 is 0 Å². The van der Waals surface area contributed by atoms with Crippen molar-refractivity contribution in [2.24, 2.45) is 0 Å². The highest BCUT2D eigenvalue weighted by molar-refractivity contribution is 6.39. The molecule has 0 heterocycles. The van der Waals surface area contributed by atoms with Gasteiger partial charge in [-0.25, -0.2) is 0 Å². The second-order valence-electron chi connectivity index (χ2n) is 21.3. The molecule has 0 spiro atoms. The maximum atomic E-state index is 2.60. The number of rotatable bonds is 9. The first-order valence-corrected chi connectivity index (χ1v) is 27.8. The van der Waals surface area contributed by atoms with E-state index < -0.39 is 0 Å². The molecule has 0 amide bonds. The van der Waals surface area contributed by atoms with Crippen LogP contribution in [0.4, 0.5) is 0 Å². The Morgan fingerprint density at radius 2 is 0.300 bits per heavy atom. The van der Waals surface area contributed by atoms with Crippen LogP contribution < -0.4 is 0 Å². The van der Waals surface area contributed by atoms with Crippen LogP contribution in [0.15, 0.2) is 303 Å². The standard InChI is InChI=1S/C80H50/c1-9-25-51(26-10-1)63-45-67(55-33-17-5-18-34-55)71-49-73(77-69(57-37-21-7-22-38-57)47-65(53-29-13-3-14-30-53)61-43-41-59(63)75(71)79(61)77)74-50-72-68(56-35-19-6-20-36-56)46-64(52-27-11-2-12-28-52)60-42-44-62-66(54-31-15-4-16-32-54)48-70(58-39-23-8-24-40-58)78(74)80(62)76(60)72/h1-50H. The molecule has 0 saturated heterocycles. The smallest absolute Gasteiger partial charge is 0.000762 e. The van der Waals surface area contributed by atoms with E-state index in [1.807, 2.05) is 0 Å². The Morgan fingerprint density at radius 1 is 0.113 bits per heavy atom. The van der Waals surface area contributed by atoms with Crippen molar-refractivity contribution in [1.29, 1.82) is 0 Å². The van der Waals surface area contributed by atoms with Gasteiger partial charge in [0.1, 0.15) is 0 Å². The van der Waals surface area contributed by atoms with E-state index in [0.717, 1.165) is 0 Å². The second-order valence-corrected chi connectivity index (χ2v) is 21.3. The number of benzene rings is 16. The summed E-state index contributed by atoms with van der Waals surface area (Å²) in [5.41, 5.74) is 21.7. The van der Waals surface area contributed by atoms with Crippen LogP contribution in [0.1, 0.15) is 0 Å². The molecule has 16 rings (SSSR count). The molecule has 0 nitrogen and oxygen atoms in total. The molecule has 0 aliphatic rings. The molecule has 0 radical (unpaired) electrons. The molecular weight excluding hydrogens is 961 g/mol. The van der Waals surface area contributed by atoms with Crippen molar-refractivity contribution in [2.75, 3.05) is 0 Å². The van der Waals surface area contributed by atoms with E-state index in [9.17, 15) is 0 Å². The monoisotopic (exact) mass is 1010 g/mol. The van der Waals surface area contributed by atoms with Crippen molar-refractivity contribution < 1.29 is 0 Å². The van der Waals surface area contributed by atoms with Gasteiger partial charge in [0, 0.05) is 0 Å². The Hall–Kier alpha value is -10.4. The first kappa shape index (κ1) is 45.8. The van der Waals surface area contributed by atoms with Gasteiger partial charge in [-0.15, -0.1) is 0 Å². The molecule has 80 heavy (non-hydrogen) atoms. The maximum Gasteiger partial charge on any atom is -0.000762 e. The Morgan fingerprint density at radius 3 is 0.537 bits per heavy atom. The lowest BCUT2D eigenvalue weighted by Crippen LogP contribution is -1.99. The highest BCUT2D eigenvalue weighted by Gasteiger charge is 2.29. The highest BCUT2D eigenvalue weighted by Crippen LogP contribution is 2.56. The Labute approximate surface area is 465 Å².